The predicted octanol–water partition coefficient (Wildman–Crippen LogP) is 8.97. The van der Waals surface area contributed by atoms with E-state index in [2.05, 4.69) is 30.3 Å². The minimum Gasteiger partial charge on any atom is -0.462 e. The lowest BCUT2D eigenvalue weighted by molar-refractivity contribution is 0.0531. The van der Waals surface area contributed by atoms with Gasteiger partial charge in [0.15, 0.2) is 0 Å². The van der Waals surface area contributed by atoms with Crippen LogP contribution in [-0.4, -0.2) is 22.8 Å². The maximum atomic E-state index is 13.9. The van der Waals surface area contributed by atoms with Crippen LogP contribution in [0.2, 0.25) is 5.02 Å². The number of aryl methyl sites for hydroxylation is 1. The van der Waals surface area contributed by atoms with E-state index >= 15 is 0 Å². The highest BCUT2D eigenvalue weighted by atomic mass is 35.5. The maximum Gasteiger partial charge on any atom is 0.341 e. The molecule has 0 aliphatic heterocycles. The van der Waals surface area contributed by atoms with Crippen LogP contribution in [0.1, 0.15) is 43.6 Å². The number of carbonyl (C=O) groups is 2. The predicted molar refractivity (Wildman–Crippen MR) is 162 cm³/mol. The zero-order chi connectivity index (χ0) is 27.1. The van der Waals surface area contributed by atoms with Gasteiger partial charge in [-0.2, -0.15) is 0 Å². The number of thiophene rings is 1. The fraction of sp³-hybridized carbons (Fsp3) is 0.125. The summed E-state index contributed by atoms with van der Waals surface area (Å²) in [6.45, 7) is 4.03. The number of ketones is 1. The monoisotopic (exact) mass is 569 g/mol. The molecule has 0 fully saturated rings. The number of hydrogen-bond donors (Lipinski definition) is 0. The van der Waals surface area contributed by atoms with Gasteiger partial charge < -0.3 is 9.14 Å². The van der Waals surface area contributed by atoms with Crippen LogP contribution in [0.4, 0.5) is 0 Å². The molecule has 6 rings (SSSR count). The number of aromatic nitrogens is 1. The lowest BCUT2D eigenvalue weighted by atomic mass is 10.1. The van der Waals surface area contributed by atoms with Gasteiger partial charge in [0, 0.05) is 27.9 Å². The average molecular weight is 570 g/mol. The minimum atomic E-state index is -0.426. The van der Waals surface area contributed by atoms with Crippen LogP contribution < -0.4 is 0 Å². The summed E-state index contributed by atoms with van der Waals surface area (Å²) in [6.07, 6.45) is 1.97. The number of hydrogen-bond acceptors (Lipinski definition) is 5. The largest absolute Gasteiger partial charge is 0.462 e. The topological polar surface area (TPSA) is 47.8 Å². The third-order valence-electron chi connectivity index (χ3n) is 6.69. The van der Waals surface area contributed by atoms with Gasteiger partial charge in [-0.25, -0.2) is 4.79 Å². The van der Waals surface area contributed by atoms with Gasteiger partial charge in [-0.1, -0.05) is 54.1 Å². The molecule has 0 spiro atoms. The summed E-state index contributed by atoms with van der Waals surface area (Å²) in [4.78, 5) is 27.8. The summed E-state index contributed by atoms with van der Waals surface area (Å²) in [5.41, 5.74) is 4.77. The number of benzene rings is 3. The van der Waals surface area contributed by atoms with Crippen molar-refractivity contribution in [1.29, 1.82) is 0 Å². The number of rotatable bonds is 7. The van der Waals surface area contributed by atoms with E-state index in [-0.39, 0.29) is 12.4 Å². The van der Waals surface area contributed by atoms with Gasteiger partial charge in [-0.15, -0.1) is 23.1 Å². The first kappa shape index (κ1) is 25.7. The van der Waals surface area contributed by atoms with Crippen molar-refractivity contribution in [1.82, 2.24) is 4.40 Å². The van der Waals surface area contributed by atoms with Gasteiger partial charge >= 0.3 is 5.97 Å². The summed E-state index contributed by atoms with van der Waals surface area (Å²) in [6, 6.07) is 25.6. The molecule has 0 bridgehead atoms. The van der Waals surface area contributed by atoms with E-state index in [4.69, 9.17) is 16.3 Å². The van der Waals surface area contributed by atoms with Gasteiger partial charge in [-0.3, -0.25) is 4.79 Å². The maximum absolute atomic E-state index is 13.9. The summed E-state index contributed by atoms with van der Waals surface area (Å²) >= 11 is 9.20. The van der Waals surface area contributed by atoms with E-state index < -0.39 is 5.97 Å². The highest BCUT2D eigenvalue weighted by Gasteiger charge is 2.29. The molecule has 0 saturated heterocycles. The van der Waals surface area contributed by atoms with Crippen molar-refractivity contribution in [3.8, 4) is 0 Å². The molecule has 6 aromatic rings. The standard InChI is InChI=1S/C32H24ClNO3S2/c1-3-37-31(36)26-25-16-19(2)14-15-34(25)28-27(26)30(29(35)22-10-12-24(33)13-11-22)39-32(28)38-18-20-8-9-21-6-4-5-7-23(21)17-20/h4-17H,3,18H2,1-2H3. The summed E-state index contributed by atoms with van der Waals surface area (Å²) in [7, 11) is 0. The highest BCUT2D eigenvalue weighted by molar-refractivity contribution is 8.00. The van der Waals surface area contributed by atoms with E-state index in [1.54, 1.807) is 43.0 Å². The van der Waals surface area contributed by atoms with Crippen LogP contribution in [0, 0.1) is 6.92 Å². The second-order valence-electron chi connectivity index (χ2n) is 9.30. The first-order valence-corrected chi connectivity index (χ1v) is 14.8. The Morgan fingerprint density at radius 2 is 1.74 bits per heavy atom. The first-order chi connectivity index (χ1) is 18.9. The Labute approximate surface area is 239 Å². The molecule has 0 unspecified atom stereocenters. The van der Waals surface area contributed by atoms with Crippen molar-refractivity contribution in [2.75, 3.05) is 6.61 Å². The zero-order valence-corrected chi connectivity index (χ0v) is 23.8. The lowest BCUT2D eigenvalue weighted by Gasteiger charge is -2.06. The Morgan fingerprint density at radius 1 is 0.974 bits per heavy atom. The van der Waals surface area contributed by atoms with Crippen LogP contribution >= 0.6 is 34.7 Å². The third-order valence-corrected chi connectivity index (χ3v) is 9.45. The number of thioether (sulfide) groups is 1. The molecule has 7 heteroatoms. The summed E-state index contributed by atoms with van der Waals surface area (Å²) in [5.74, 6) is 0.157. The molecule has 0 radical (unpaired) electrons. The number of fused-ring (bicyclic) bond motifs is 4. The summed E-state index contributed by atoms with van der Waals surface area (Å²) < 4.78 is 8.49. The van der Waals surface area contributed by atoms with Crippen LogP contribution in [0.5, 0.6) is 0 Å². The molecule has 39 heavy (non-hydrogen) atoms. The number of ether oxygens (including phenoxy) is 1. The van der Waals surface area contributed by atoms with Crippen LogP contribution in [0.15, 0.2) is 89.3 Å². The molecule has 0 aliphatic carbocycles. The van der Waals surface area contributed by atoms with E-state index in [0.29, 0.717) is 26.4 Å². The number of esters is 1. The van der Waals surface area contributed by atoms with Gasteiger partial charge in [0.2, 0.25) is 5.78 Å². The van der Waals surface area contributed by atoms with Crippen molar-refractivity contribution < 1.29 is 14.3 Å². The molecular weight excluding hydrogens is 546 g/mol. The van der Waals surface area contributed by atoms with Crippen LogP contribution in [0.3, 0.4) is 0 Å². The van der Waals surface area contributed by atoms with Gasteiger partial charge in [0.05, 0.1) is 32.3 Å². The number of carbonyl (C=O) groups excluding carboxylic acids is 2. The molecule has 3 aromatic heterocycles. The zero-order valence-electron chi connectivity index (χ0n) is 21.4. The molecule has 0 atom stereocenters. The minimum absolute atomic E-state index is 0.141. The molecule has 3 heterocycles. The molecule has 3 aromatic carbocycles. The van der Waals surface area contributed by atoms with Gasteiger partial charge in [-0.05, 0) is 72.1 Å². The van der Waals surface area contributed by atoms with Gasteiger partial charge in [0.1, 0.15) is 0 Å². The normalized spacial score (nSPS) is 11.5. The number of pyridine rings is 1. The fourth-order valence-corrected chi connectivity index (χ4v) is 7.45. The smallest absolute Gasteiger partial charge is 0.341 e. The second kappa shape index (κ2) is 10.5. The molecule has 0 N–H and O–H groups in total. The van der Waals surface area contributed by atoms with Crippen LogP contribution in [0.25, 0.3) is 27.2 Å². The lowest BCUT2D eigenvalue weighted by Crippen LogP contribution is -2.06. The highest BCUT2D eigenvalue weighted by Crippen LogP contribution is 2.45. The number of halogens is 1. The summed E-state index contributed by atoms with van der Waals surface area (Å²) in [5, 5.41) is 3.60. The van der Waals surface area contributed by atoms with E-state index in [1.165, 1.54) is 27.7 Å². The first-order valence-electron chi connectivity index (χ1n) is 12.6. The second-order valence-corrected chi connectivity index (χ2v) is 12.0. The molecule has 0 amide bonds. The molecule has 0 saturated carbocycles. The van der Waals surface area contributed by atoms with Crippen molar-refractivity contribution in [2.24, 2.45) is 0 Å². The van der Waals surface area contributed by atoms with Crippen molar-refractivity contribution >= 4 is 73.6 Å². The average Bonchev–Trinajstić information content (AvgIpc) is 3.47. The third kappa shape index (κ3) is 4.73. The van der Waals surface area contributed by atoms with Crippen molar-refractivity contribution in [2.45, 2.75) is 23.8 Å². The van der Waals surface area contributed by atoms with Gasteiger partial charge in [0.25, 0.3) is 0 Å². The number of nitrogens with zero attached hydrogens (tertiary/aromatic N) is 1. The van der Waals surface area contributed by atoms with Crippen LogP contribution in [-0.2, 0) is 10.5 Å². The molecular formula is C32H24ClNO3S2. The Kier molecular flexibility index (Phi) is 6.94. The quantitative estimate of drug-likeness (QED) is 0.109. The van der Waals surface area contributed by atoms with E-state index in [0.717, 1.165) is 26.6 Å². The Bertz CT molecular complexity index is 1890. The Morgan fingerprint density at radius 3 is 2.51 bits per heavy atom. The van der Waals surface area contributed by atoms with Crippen molar-refractivity contribution in [3.05, 3.63) is 117 Å². The molecule has 0 aliphatic rings. The van der Waals surface area contributed by atoms with E-state index in [9.17, 15) is 9.59 Å². The fourth-order valence-electron chi connectivity index (χ4n) is 4.85. The molecule has 194 valence electrons. The Hall–Kier alpha value is -3.58. The van der Waals surface area contributed by atoms with Crippen molar-refractivity contribution in [3.63, 3.8) is 0 Å². The van der Waals surface area contributed by atoms with E-state index in [1.807, 2.05) is 41.8 Å². The SMILES string of the molecule is CCOC(=O)c1c2c(C(=O)c3ccc(Cl)cc3)sc(SCc3ccc4ccccc4c3)c2n2ccc(C)cc12. The molecule has 4 nitrogen and oxygen atoms in total. The Balaban J connectivity index is 1.53.